The fourth-order valence-electron chi connectivity index (χ4n) is 2.08. The van der Waals surface area contributed by atoms with Crippen LogP contribution in [0.5, 0.6) is 0 Å². The zero-order valence-electron chi connectivity index (χ0n) is 14.0. The molecule has 0 atom stereocenters. The molecule has 0 aliphatic rings. The molecule has 2 amide bonds. The zero-order valence-corrected chi connectivity index (χ0v) is 14.8. The molecule has 9 heteroatoms. The summed E-state index contributed by atoms with van der Waals surface area (Å²) in [6.45, 7) is -0.0366. The molecule has 0 radical (unpaired) electrons. The largest absolute Gasteiger partial charge is 0.416 e. The van der Waals surface area contributed by atoms with Crippen LogP contribution in [0.2, 0.25) is 0 Å². The molecule has 27 heavy (non-hydrogen) atoms. The lowest BCUT2D eigenvalue weighted by Crippen LogP contribution is -2.25. The molecule has 0 aliphatic heterocycles. The van der Waals surface area contributed by atoms with Crippen LogP contribution in [0.4, 0.5) is 23.2 Å². The molecule has 2 aromatic carbocycles. The minimum Gasteiger partial charge on any atom is -0.351 e. The van der Waals surface area contributed by atoms with Crippen LogP contribution >= 0.6 is 11.8 Å². The smallest absolute Gasteiger partial charge is 0.351 e. The Hall–Kier alpha value is -2.55. The first kappa shape index (κ1) is 20.8. The number of hydrogen-bond donors (Lipinski definition) is 2. The van der Waals surface area contributed by atoms with E-state index in [1.54, 1.807) is 0 Å². The van der Waals surface area contributed by atoms with Gasteiger partial charge in [0.1, 0.15) is 5.82 Å². The fourth-order valence-corrected chi connectivity index (χ4v) is 2.72. The fraction of sp³-hybridized carbons (Fsp3) is 0.222. The summed E-state index contributed by atoms with van der Waals surface area (Å²) >= 11 is 1.06. The third-order valence-corrected chi connectivity index (χ3v) is 4.27. The van der Waals surface area contributed by atoms with Gasteiger partial charge in [0, 0.05) is 12.2 Å². The van der Waals surface area contributed by atoms with Gasteiger partial charge in [0.15, 0.2) is 0 Å². The van der Waals surface area contributed by atoms with E-state index in [9.17, 15) is 27.2 Å². The Labute approximate surface area is 157 Å². The highest BCUT2D eigenvalue weighted by molar-refractivity contribution is 8.00. The Bertz CT molecular complexity index is 795. The van der Waals surface area contributed by atoms with Gasteiger partial charge in [-0.1, -0.05) is 12.1 Å². The van der Waals surface area contributed by atoms with Crippen molar-refractivity contribution in [2.75, 3.05) is 16.8 Å². The Morgan fingerprint density at radius 1 is 0.963 bits per heavy atom. The standard InChI is InChI=1S/C18H16F4N2O2S/c19-14-4-6-15(7-5-14)24-17(26)11-27-10-16(25)23-9-12-2-1-3-13(8-12)18(20,21)22/h1-8H,9-11H2,(H,23,25)(H,24,26). The lowest BCUT2D eigenvalue weighted by Gasteiger charge is -2.09. The number of hydrogen-bond acceptors (Lipinski definition) is 3. The zero-order chi connectivity index (χ0) is 19.9. The summed E-state index contributed by atoms with van der Waals surface area (Å²) < 4.78 is 50.7. The summed E-state index contributed by atoms with van der Waals surface area (Å²) in [4.78, 5) is 23.5. The summed E-state index contributed by atoms with van der Waals surface area (Å²) in [7, 11) is 0. The predicted octanol–water partition coefficient (Wildman–Crippen LogP) is 3.83. The normalized spacial score (nSPS) is 11.1. The van der Waals surface area contributed by atoms with Crippen molar-refractivity contribution < 1.29 is 27.2 Å². The van der Waals surface area contributed by atoms with Gasteiger partial charge in [0.05, 0.1) is 17.1 Å². The number of benzene rings is 2. The molecule has 0 spiro atoms. The van der Waals surface area contributed by atoms with Crippen molar-refractivity contribution in [3.63, 3.8) is 0 Å². The van der Waals surface area contributed by atoms with Crippen molar-refractivity contribution in [3.05, 3.63) is 65.5 Å². The second kappa shape index (κ2) is 9.40. The van der Waals surface area contributed by atoms with Gasteiger partial charge in [-0.3, -0.25) is 9.59 Å². The average Bonchev–Trinajstić information content (AvgIpc) is 2.61. The molecule has 0 saturated heterocycles. The summed E-state index contributed by atoms with van der Waals surface area (Å²) in [6.07, 6.45) is -4.44. The summed E-state index contributed by atoms with van der Waals surface area (Å²) in [6, 6.07) is 9.95. The van der Waals surface area contributed by atoms with Gasteiger partial charge in [-0.25, -0.2) is 4.39 Å². The number of carbonyl (C=O) groups is 2. The van der Waals surface area contributed by atoms with Crippen LogP contribution in [-0.4, -0.2) is 23.3 Å². The molecule has 4 nitrogen and oxygen atoms in total. The van der Waals surface area contributed by atoms with Crippen LogP contribution in [0.25, 0.3) is 0 Å². The molecule has 0 unspecified atom stereocenters. The maximum absolute atomic E-state index is 12.8. The van der Waals surface area contributed by atoms with Crippen molar-refractivity contribution in [2.45, 2.75) is 12.7 Å². The number of carbonyl (C=O) groups excluding carboxylic acids is 2. The number of anilines is 1. The highest BCUT2D eigenvalue weighted by Gasteiger charge is 2.30. The molecule has 0 fully saturated rings. The maximum atomic E-state index is 12.8. The second-order valence-electron chi connectivity index (χ2n) is 5.52. The van der Waals surface area contributed by atoms with E-state index < -0.39 is 23.5 Å². The molecule has 2 N–H and O–H groups in total. The quantitative estimate of drug-likeness (QED) is 0.695. The Balaban J connectivity index is 1.70. The molecule has 2 rings (SSSR count). The number of amides is 2. The molecule has 0 saturated carbocycles. The van der Waals surface area contributed by atoms with Gasteiger partial charge < -0.3 is 10.6 Å². The van der Waals surface area contributed by atoms with E-state index in [4.69, 9.17) is 0 Å². The molecule has 0 aromatic heterocycles. The monoisotopic (exact) mass is 400 g/mol. The minimum absolute atomic E-state index is 0.00829. The van der Waals surface area contributed by atoms with E-state index >= 15 is 0 Å². The van der Waals surface area contributed by atoms with Crippen LogP contribution in [0.3, 0.4) is 0 Å². The number of nitrogens with one attached hydrogen (secondary N) is 2. The third kappa shape index (κ3) is 7.30. The van der Waals surface area contributed by atoms with Gasteiger partial charge in [0.25, 0.3) is 0 Å². The number of alkyl halides is 3. The van der Waals surface area contributed by atoms with Crippen molar-refractivity contribution >= 4 is 29.3 Å². The molecular formula is C18H16F4N2O2S. The first-order valence-corrected chi connectivity index (χ1v) is 8.95. The molecule has 2 aromatic rings. The van der Waals surface area contributed by atoms with E-state index in [1.165, 1.54) is 36.4 Å². The maximum Gasteiger partial charge on any atom is 0.416 e. The van der Waals surface area contributed by atoms with Gasteiger partial charge in [-0.05, 0) is 42.0 Å². The highest BCUT2D eigenvalue weighted by Crippen LogP contribution is 2.29. The number of halogens is 4. The van der Waals surface area contributed by atoms with Crippen molar-refractivity contribution in [1.82, 2.24) is 5.32 Å². The first-order chi connectivity index (χ1) is 12.7. The van der Waals surface area contributed by atoms with Gasteiger partial charge in [0.2, 0.25) is 11.8 Å². The molecule has 0 aliphatic carbocycles. The first-order valence-electron chi connectivity index (χ1n) is 7.80. The van der Waals surface area contributed by atoms with Crippen LogP contribution < -0.4 is 10.6 Å². The van der Waals surface area contributed by atoms with Gasteiger partial charge >= 0.3 is 6.18 Å². The summed E-state index contributed by atoms with van der Waals surface area (Å²) in [5.41, 5.74) is -0.00526. The Kier molecular flexibility index (Phi) is 7.23. The van der Waals surface area contributed by atoms with Gasteiger partial charge in [-0.15, -0.1) is 11.8 Å². The molecule has 0 heterocycles. The predicted molar refractivity (Wildman–Crippen MR) is 95.6 cm³/mol. The van der Waals surface area contributed by atoms with Crippen molar-refractivity contribution in [1.29, 1.82) is 0 Å². The molecule has 0 bridgehead atoms. The molecule has 144 valence electrons. The van der Waals surface area contributed by atoms with E-state index in [2.05, 4.69) is 10.6 Å². The van der Waals surface area contributed by atoms with Crippen LogP contribution in [0, 0.1) is 5.82 Å². The topological polar surface area (TPSA) is 58.2 Å². The van der Waals surface area contributed by atoms with Crippen molar-refractivity contribution in [2.24, 2.45) is 0 Å². The van der Waals surface area contributed by atoms with E-state index in [1.807, 2.05) is 0 Å². The van der Waals surface area contributed by atoms with Crippen LogP contribution in [0.1, 0.15) is 11.1 Å². The SMILES string of the molecule is O=C(CSCC(=O)Nc1ccc(F)cc1)NCc1cccc(C(F)(F)F)c1. The molecular weight excluding hydrogens is 384 g/mol. The van der Waals surface area contributed by atoms with E-state index in [0.29, 0.717) is 11.3 Å². The third-order valence-electron chi connectivity index (χ3n) is 3.34. The van der Waals surface area contributed by atoms with Gasteiger partial charge in [-0.2, -0.15) is 13.2 Å². The lowest BCUT2D eigenvalue weighted by atomic mass is 10.1. The Morgan fingerprint density at radius 3 is 2.30 bits per heavy atom. The number of thioether (sulfide) groups is 1. The average molecular weight is 400 g/mol. The van der Waals surface area contributed by atoms with Crippen LogP contribution in [-0.2, 0) is 22.3 Å². The lowest BCUT2D eigenvalue weighted by molar-refractivity contribution is -0.137. The Morgan fingerprint density at radius 2 is 1.63 bits per heavy atom. The minimum atomic E-state index is -4.44. The second-order valence-corrected chi connectivity index (χ2v) is 6.51. The van der Waals surface area contributed by atoms with E-state index in [-0.39, 0.29) is 24.0 Å². The summed E-state index contributed by atoms with van der Waals surface area (Å²) in [5, 5.41) is 5.06. The van der Waals surface area contributed by atoms with Crippen molar-refractivity contribution in [3.8, 4) is 0 Å². The summed E-state index contributed by atoms with van der Waals surface area (Å²) in [5.74, 6) is -1.17. The highest BCUT2D eigenvalue weighted by atomic mass is 32.2. The van der Waals surface area contributed by atoms with E-state index in [0.717, 1.165) is 23.9 Å². The van der Waals surface area contributed by atoms with Crippen LogP contribution in [0.15, 0.2) is 48.5 Å². The number of rotatable bonds is 7.